The van der Waals surface area contributed by atoms with Crippen molar-refractivity contribution in [2.75, 3.05) is 13.2 Å². The molecule has 2 aromatic rings. The van der Waals surface area contributed by atoms with Crippen molar-refractivity contribution in [1.29, 1.82) is 0 Å². The Balaban J connectivity index is 1.46. The molecular formula is C21H27F2N5O2. The molecule has 7 nitrogen and oxygen atoms in total. The number of fused-ring (bicyclic) bond motifs is 1. The lowest BCUT2D eigenvalue weighted by Crippen LogP contribution is -2.48. The van der Waals surface area contributed by atoms with Crippen LogP contribution in [0.4, 0.5) is 8.78 Å². The first-order valence-electron chi connectivity index (χ1n) is 10.4. The highest BCUT2D eigenvalue weighted by Crippen LogP contribution is 2.34. The van der Waals surface area contributed by atoms with Crippen molar-refractivity contribution >= 4 is 5.91 Å². The molecule has 3 atom stereocenters. The smallest absolute Gasteiger partial charge is 0.287 e. The third-order valence-corrected chi connectivity index (χ3v) is 5.90. The van der Waals surface area contributed by atoms with E-state index in [4.69, 9.17) is 10.5 Å². The van der Waals surface area contributed by atoms with E-state index < -0.39 is 23.8 Å². The summed E-state index contributed by atoms with van der Waals surface area (Å²) in [5.74, 6) is -0.738. The average molecular weight is 419 g/mol. The summed E-state index contributed by atoms with van der Waals surface area (Å²) in [6, 6.07) is 2.93. The summed E-state index contributed by atoms with van der Waals surface area (Å²) >= 11 is 0. The second kappa shape index (κ2) is 8.41. The van der Waals surface area contributed by atoms with Crippen LogP contribution in [0.2, 0.25) is 0 Å². The van der Waals surface area contributed by atoms with E-state index in [0.717, 1.165) is 29.6 Å². The maximum absolute atomic E-state index is 14.1. The predicted octanol–water partition coefficient (Wildman–Crippen LogP) is 2.10. The lowest BCUT2D eigenvalue weighted by molar-refractivity contribution is -0.0535. The van der Waals surface area contributed by atoms with Gasteiger partial charge in [0.2, 0.25) is 0 Å². The van der Waals surface area contributed by atoms with E-state index >= 15 is 0 Å². The van der Waals surface area contributed by atoms with Crippen molar-refractivity contribution < 1.29 is 18.3 Å². The number of hydrogen-bond acceptors (Lipinski definition) is 5. The molecule has 30 heavy (non-hydrogen) atoms. The van der Waals surface area contributed by atoms with Gasteiger partial charge in [-0.2, -0.15) is 0 Å². The summed E-state index contributed by atoms with van der Waals surface area (Å²) < 4.78 is 35.6. The van der Waals surface area contributed by atoms with Gasteiger partial charge in [-0.25, -0.2) is 13.8 Å². The lowest BCUT2D eigenvalue weighted by Gasteiger charge is -2.38. The second-order valence-electron chi connectivity index (χ2n) is 7.81. The molecule has 3 heterocycles. The van der Waals surface area contributed by atoms with Crippen molar-refractivity contribution in [2.45, 2.75) is 58.1 Å². The summed E-state index contributed by atoms with van der Waals surface area (Å²) in [6.07, 6.45) is -0.0749. The Morgan fingerprint density at radius 3 is 2.83 bits per heavy atom. The van der Waals surface area contributed by atoms with Crippen molar-refractivity contribution in [2.24, 2.45) is 5.73 Å². The van der Waals surface area contributed by atoms with Crippen molar-refractivity contribution in [3.63, 3.8) is 0 Å². The largest absolute Gasteiger partial charge is 0.370 e. The molecule has 4 rings (SSSR count). The van der Waals surface area contributed by atoms with E-state index in [0.29, 0.717) is 45.0 Å². The molecule has 0 unspecified atom stereocenters. The minimum Gasteiger partial charge on any atom is -0.370 e. The Bertz CT molecular complexity index is 948. The third-order valence-electron chi connectivity index (χ3n) is 5.90. The minimum absolute atomic E-state index is 0.0419. The first kappa shape index (κ1) is 20.9. The van der Waals surface area contributed by atoms with Crippen molar-refractivity contribution in [3.8, 4) is 0 Å². The van der Waals surface area contributed by atoms with E-state index in [2.05, 4.69) is 15.2 Å². The number of nitrogens with zero attached hydrogens (tertiary/aromatic N) is 3. The van der Waals surface area contributed by atoms with Crippen LogP contribution in [0.15, 0.2) is 18.2 Å². The zero-order valence-corrected chi connectivity index (χ0v) is 17.2. The topological polar surface area (TPSA) is 85.4 Å². The Morgan fingerprint density at radius 2 is 2.13 bits per heavy atom. The van der Waals surface area contributed by atoms with Crippen LogP contribution in [0.1, 0.15) is 53.9 Å². The van der Waals surface area contributed by atoms with Gasteiger partial charge in [0.05, 0.1) is 18.0 Å². The molecule has 0 bridgehead atoms. The summed E-state index contributed by atoms with van der Waals surface area (Å²) in [6.45, 7) is 6.70. The average Bonchev–Trinajstić information content (AvgIpc) is 3.28. The maximum Gasteiger partial charge on any atom is 0.287 e. The molecule has 162 valence electrons. The number of amides is 1. The molecular weight excluding hydrogens is 392 g/mol. The van der Waals surface area contributed by atoms with Gasteiger partial charge in [0.15, 0.2) is 5.82 Å². The number of imidazole rings is 1. The normalized spacial score (nSPS) is 24.1. The Labute approximate surface area is 174 Å². The van der Waals surface area contributed by atoms with E-state index in [-0.39, 0.29) is 17.5 Å². The van der Waals surface area contributed by atoms with Crippen LogP contribution < -0.4 is 11.1 Å². The van der Waals surface area contributed by atoms with Crippen LogP contribution in [-0.4, -0.2) is 45.6 Å². The molecule has 0 aliphatic carbocycles. The fourth-order valence-electron chi connectivity index (χ4n) is 4.44. The number of nitrogens with one attached hydrogen (secondary N) is 1. The zero-order chi connectivity index (χ0) is 21.4. The molecule has 1 amide bonds. The van der Waals surface area contributed by atoms with E-state index in [9.17, 15) is 13.6 Å². The number of hydrogen-bond donors (Lipinski definition) is 2. The molecule has 0 saturated carbocycles. The molecule has 2 aliphatic heterocycles. The van der Waals surface area contributed by atoms with E-state index in [1.54, 1.807) is 0 Å². The predicted molar refractivity (Wildman–Crippen MR) is 107 cm³/mol. The van der Waals surface area contributed by atoms with Crippen LogP contribution in [0.3, 0.4) is 0 Å². The number of ether oxygens (including phenoxy) is 1. The summed E-state index contributed by atoms with van der Waals surface area (Å²) in [4.78, 5) is 19.1. The van der Waals surface area contributed by atoms with E-state index in [1.807, 2.05) is 18.4 Å². The molecule has 1 aromatic carbocycles. The summed E-state index contributed by atoms with van der Waals surface area (Å²) in [7, 11) is 0. The van der Waals surface area contributed by atoms with E-state index in [1.165, 1.54) is 0 Å². The van der Waals surface area contributed by atoms with Gasteiger partial charge in [0, 0.05) is 43.8 Å². The van der Waals surface area contributed by atoms with Crippen LogP contribution in [0.5, 0.6) is 0 Å². The lowest BCUT2D eigenvalue weighted by atomic mass is 9.93. The Morgan fingerprint density at radius 1 is 1.33 bits per heavy atom. The third kappa shape index (κ3) is 3.73. The number of nitrogens with two attached hydrogens (primary N) is 1. The first-order chi connectivity index (χ1) is 14.4. The van der Waals surface area contributed by atoms with Gasteiger partial charge in [-0.1, -0.05) is 0 Å². The first-order valence-corrected chi connectivity index (χ1v) is 10.4. The SMILES string of the molecule is CCNC(=O)c1nc2c(n1CC)CN([C@H]1CO[C@H](c3cc(F)ccc3F)[C@@H](N)C1)C2. The van der Waals surface area contributed by atoms with Gasteiger partial charge in [-0.15, -0.1) is 0 Å². The summed E-state index contributed by atoms with van der Waals surface area (Å²) in [5, 5.41) is 2.80. The highest BCUT2D eigenvalue weighted by Gasteiger charge is 2.38. The maximum atomic E-state index is 14.1. The van der Waals surface area contributed by atoms with Crippen LogP contribution in [0.25, 0.3) is 0 Å². The second-order valence-corrected chi connectivity index (χ2v) is 7.81. The number of aromatic nitrogens is 2. The van der Waals surface area contributed by atoms with Gasteiger partial charge in [0.1, 0.15) is 17.7 Å². The van der Waals surface area contributed by atoms with Gasteiger partial charge in [-0.3, -0.25) is 9.69 Å². The van der Waals surface area contributed by atoms with Crippen LogP contribution in [-0.2, 0) is 24.4 Å². The fraction of sp³-hybridized carbons (Fsp3) is 0.524. The van der Waals surface area contributed by atoms with Crippen LogP contribution in [0, 0.1) is 11.6 Å². The van der Waals surface area contributed by atoms with Gasteiger partial charge >= 0.3 is 0 Å². The number of rotatable bonds is 5. The minimum atomic E-state index is -0.672. The molecule has 1 fully saturated rings. The van der Waals surface area contributed by atoms with Gasteiger partial charge in [0.25, 0.3) is 5.91 Å². The molecule has 1 saturated heterocycles. The van der Waals surface area contributed by atoms with Crippen molar-refractivity contribution in [1.82, 2.24) is 19.8 Å². The standard InChI is InChI=1S/C21H27F2N5O2/c1-3-25-21(29)20-26-17-9-27(10-18(17)28(20)4-2)13-8-16(24)19(30-11-13)14-7-12(22)5-6-15(14)23/h5-7,13,16,19H,3-4,8-11,24H2,1-2H3,(H,25,29)/t13-,16+,19-/m1/s1. The van der Waals surface area contributed by atoms with Crippen LogP contribution >= 0.6 is 0 Å². The fourth-order valence-corrected chi connectivity index (χ4v) is 4.44. The number of carbonyl (C=O) groups excluding carboxylic acids is 1. The van der Waals surface area contributed by atoms with Crippen molar-refractivity contribution in [3.05, 3.63) is 52.6 Å². The molecule has 9 heteroatoms. The highest BCUT2D eigenvalue weighted by molar-refractivity contribution is 5.91. The molecule has 0 spiro atoms. The quantitative estimate of drug-likeness (QED) is 0.775. The Hall–Kier alpha value is -2.36. The number of carbonyl (C=O) groups is 1. The number of benzene rings is 1. The van der Waals surface area contributed by atoms with Gasteiger partial charge in [-0.05, 0) is 38.5 Å². The highest BCUT2D eigenvalue weighted by atomic mass is 19.1. The molecule has 0 radical (unpaired) electrons. The zero-order valence-electron chi connectivity index (χ0n) is 17.2. The monoisotopic (exact) mass is 419 g/mol. The Kier molecular flexibility index (Phi) is 5.86. The molecule has 3 N–H and O–H groups in total. The van der Waals surface area contributed by atoms with Gasteiger partial charge < -0.3 is 20.4 Å². The summed E-state index contributed by atoms with van der Waals surface area (Å²) in [5.41, 5.74) is 8.40. The molecule has 2 aliphatic rings. The molecule has 1 aromatic heterocycles. The number of halogens is 2.